The van der Waals surface area contributed by atoms with Crippen molar-refractivity contribution in [2.24, 2.45) is 11.1 Å². The van der Waals surface area contributed by atoms with E-state index in [2.05, 4.69) is 0 Å². The van der Waals surface area contributed by atoms with Gasteiger partial charge in [0.1, 0.15) is 0 Å². The fraction of sp³-hybridized carbons (Fsp3) is 0.750. The molecule has 1 heterocycles. The highest BCUT2D eigenvalue weighted by Crippen LogP contribution is 2.30. The molecule has 0 aromatic heterocycles. The Kier molecular flexibility index (Phi) is 4.33. The molecule has 0 unspecified atom stereocenters. The van der Waals surface area contributed by atoms with Crippen LogP contribution in [0.2, 0.25) is 0 Å². The van der Waals surface area contributed by atoms with Gasteiger partial charge in [-0.1, -0.05) is 13.8 Å². The zero-order valence-corrected chi connectivity index (χ0v) is 9.71. The second-order valence-corrected chi connectivity index (χ2v) is 4.08. The minimum absolute atomic E-state index is 0.0923. The van der Waals surface area contributed by atoms with Gasteiger partial charge in [-0.2, -0.15) is 0 Å². The number of carbonyl (C=O) groups is 1. The van der Waals surface area contributed by atoms with Gasteiger partial charge in [-0.3, -0.25) is 4.79 Å². The zero-order valence-electron chi connectivity index (χ0n) is 9.71. The summed E-state index contributed by atoms with van der Waals surface area (Å²) in [6, 6.07) is 0. The molecule has 0 aliphatic carbocycles. The van der Waals surface area contributed by atoms with Crippen molar-refractivity contribution in [2.75, 3.05) is 13.2 Å². The first-order valence-electron chi connectivity index (χ1n) is 5.78. The number of allylic oxidation sites excluding steroid dienone is 2. The lowest BCUT2D eigenvalue weighted by atomic mass is 9.77. The van der Waals surface area contributed by atoms with Crippen LogP contribution in [0.25, 0.3) is 0 Å². The Morgan fingerprint density at radius 1 is 1.53 bits per heavy atom. The van der Waals surface area contributed by atoms with Crippen LogP contribution in [0.15, 0.2) is 11.8 Å². The van der Waals surface area contributed by atoms with E-state index in [0.717, 1.165) is 25.7 Å². The highest BCUT2D eigenvalue weighted by atomic mass is 16.5. The fourth-order valence-corrected chi connectivity index (χ4v) is 1.93. The quantitative estimate of drug-likeness (QED) is 0.757. The van der Waals surface area contributed by atoms with Gasteiger partial charge < -0.3 is 10.5 Å². The average Bonchev–Trinajstić information content (AvgIpc) is 2.33. The molecule has 0 bridgehead atoms. The molecule has 2 N–H and O–H groups in total. The molecular weight excluding hydrogens is 190 g/mol. The molecule has 0 saturated carbocycles. The third kappa shape index (κ3) is 2.40. The van der Waals surface area contributed by atoms with E-state index in [-0.39, 0.29) is 5.78 Å². The monoisotopic (exact) mass is 211 g/mol. The van der Waals surface area contributed by atoms with Crippen LogP contribution in [-0.2, 0) is 9.53 Å². The molecule has 0 aromatic rings. The van der Waals surface area contributed by atoms with Crippen LogP contribution < -0.4 is 5.73 Å². The SMILES string of the molecule is CCC(CC)(CN)C(=O)C1=CCCCO1. The molecule has 0 aromatic carbocycles. The molecule has 1 aliphatic heterocycles. The molecule has 86 valence electrons. The van der Waals surface area contributed by atoms with Crippen molar-refractivity contribution in [3.05, 3.63) is 11.8 Å². The van der Waals surface area contributed by atoms with Gasteiger partial charge in [0.25, 0.3) is 0 Å². The Balaban J connectivity index is 2.84. The summed E-state index contributed by atoms with van der Waals surface area (Å²) in [5.74, 6) is 0.630. The van der Waals surface area contributed by atoms with Gasteiger partial charge in [0, 0.05) is 12.0 Å². The minimum atomic E-state index is -0.414. The summed E-state index contributed by atoms with van der Waals surface area (Å²) in [5.41, 5.74) is 5.32. The van der Waals surface area contributed by atoms with Crippen LogP contribution in [0.3, 0.4) is 0 Å². The lowest BCUT2D eigenvalue weighted by Gasteiger charge is -2.30. The Labute approximate surface area is 91.7 Å². The van der Waals surface area contributed by atoms with Gasteiger partial charge in [0.05, 0.1) is 6.61 Å². The Morgan fingerprint density at radius 3 is 2.60 bits per heavy atom. The van der Waals surface area contributed by atoms with Gasteiger partial charge in [-0.25, -0.2) is 0 Å². The van der Waals surface area contributed by atoms with Gasteiger partial charge in [-0.05, 0) is 31.8 Å². The maximum Gasteiger partial charge on any atom is 0.204 e. The molecule has 3 heteroatoms. The van der Waals surface area contributed by atoms with E-state index in [1.807, 2.05) is 19.9 Å². The first kappa shape index (κ1) is 12.2. The first-order valence-corrected chi connectivity index (χ1v) is 5.78. The zero-order chi connectivity index (χ0) is 11.3. The Bertz CT molecular complexity index is 246. The largest absolute Gasteiger partial charge is 0.490 e. The third-order valence-corrected chi connectivity index (χ3v) is 3.39. The van der Waals surface area contributed by atoms with Crippen LogP contribution in [0, 0.1) is 5.41 Å². The maximum absolute atomic E-state index is 12.2. The number of ketones is 1. The molecule has 0 fully saturated rings. The first-order chi connectivity index (χ1) is 7.20. The summed E-state index contributed by atoms with van der Waals surface area (Å²) in [5, 5.41) is 0. The number of carbonyl (C=O) groups excluding carboxylic acids is 1. The number of Topliss-reactive ketones (excluding diaryl/α,β-unsaturated/α-hetero) is 1. The molecule has 0 atom stereocenters. The van der Waals surface area contributed by atoms with Gasteiger partial charge in [0.15, 0.2) is 5.76 Å². The van der Waals surface area contributed by atoms with E-state index in [0.29, 0.717) is 18.9 Å². The van der Waals surface area contributed by atoms with Crippen molar-refractivity contribution in [1.82, 2.24) is 0 Å². The summed E-state index contributed by atoms with van der Waals surface area (Å²) in [7, 11) is 0. The van der Waals surface area contributed by atoms with Crippen LogP contribution in [0.5, 0.6) is 0 Å². The molecule has 0 spiro atoms. The summed E-state index contributed by atoms with van der Waals surface area (Å²) in [4.78, 5) is 12.2. The molecular formula is C12H21NO2. The van der Waals surface area contributed by atoms with Crippen LogP contribution in [-0.4, -0.2) is 18.9 Å². The number of ether oxygens (including phenoxy) is 1. The van der Waals surface area contributed by atoms with Crippen LogP contribution >= 0.6 is 0 Å². The van der Waals surface area contributed by atoms with E-state index in [1.165, 1.54) is 0 Å². The summed E-state index contributed by atoms with van der Waals surface area (Å²) >= 11 is 0. The van der Waals surface area contributed by atoms with Crippen molar-refractivity contribution in [1.29, 1.82) is 0 Å². The molecule has 1 rings (SSSR count). The van der Waals surface area contributed by atoms with Gasteiger partial charge >= 0.3 is 0 Å². The predicted molar refractivity (Wildman–Crippen MR) is 60.3 cm³/mol. The van der Waals surface area contributed by atoms with Gasteiger partial charge in [-0.15, -0.1) is 0 Å². The lowest BCUT2D eigenvalue weighted by Crippen LogP contribution is -2.39. The lowest BCUT2D eigenvalue weighted by molar-refractivity contribution is -0.128. The average molecular weight is 211 g/mol. The van der Waals surface area contributed by atoms with E-state index in [9.17, 15) is 4.79 Å². The number of rotatable bonds is 5. The van der Waals surface area contributed by atoms with Gasteiger partial charge in [0.2, 0.25) is 5.78 Å². The number of hydrogen-bond acceptors (Lipinski definition) is 3. The standard InChI is InChI=1S/C12H21NO2/c1-3-12(4-2,9-13)11(14)10-7-5-6-8-15-10/h7H,3-6,8-9,13H2,1-2H3. The maximum atomic E-state index is 12.2. The minimum Gasteiger partial charge on any atom is -0.490 e. The van der Waals surface area contributed by atoms with Crippen molar-refractivity contribution >= 4 is 5.78 Å². The molecule has 15 heavy (non-hydrogen) atoms. The second-order valence-electron chi connectivity index (χ2n) is 4.08. The van der Waals surface area contributed by atoms with E-state index in [4.69, 9.17) is 10.5 Å². The van der Waals surface area contributed by atoms with Crippen molar-refractivity contribution in [3.63, 3.8) is 0 Å². The Morgan fingerprint density at radius 2 is 2.20 bits per heavy atom. The summed E-state index contributed by atoms with van der Waals surface area (Å²) in [6.45, 7) is 5.08. The molecule has 3 nitrogen and oxygen atoms in total. The normalized spacial score (nSPS) is 16.9. The van der Waals surface area contributed by atoms with Crippen molar-refractivity contribution in [3.8, 4) is 0 Å². The van der Waals surface area contributed by atoms with Crippen molar-refractivity contribution < 1.29 is 9.53 Å². The summed E-state index contributed by atoms with van der Waals surface area (Å²) < 4.78 is 5.41. The summed E-state index contributed by atoms with van der Waals surface area (Å²) in [6.07, 6.45) is 5.40. The molecule has 1 aliphatic rings. The molecule has 0 amide bonds. The van der Waals surface area contributed by atoms with E-state index in [1.54, 1.807) is 0 Å². The van der Waals surface area contributed by atoms with E-state index >= 15 is 0 Å². The smallest absolute Gasteiger partial charge is 0.204 e. The second kappa shape index (κ2) is 5.31. The highest BCUT2D eigenvalue weighted by Gasteiger charge is 2.36. The highest BCUT2D eigenvalue weighted by molar-refractivity contribution is 5.98. The number of nitrogens with two attached hydrogens (primary N) is 1. The molecule has 0 saturated heterocycles. The van der Waals surface area contributed by atoms with Crippen LogP contribution in [0.1, 0.15) is 39.5 Å². The Hall–Kier alpha value is -0.830. The predicted octanol–water partition coefficient (Wildman–Crippen LogP) is 2.01. The fourth-order valence-electron chi connectivity index (χ4n) is 1.93. The topological polar surface area (TPSA) is 52.3 Å². The molecule has 0 radical (unpaired) electrons. The van der Waals surface area contributed by atoms with Crippen molar-refractivity contribution in [2.45, 2.75) is 39.5 Å². The third-order valence-electron chi connectivity index (χ3n) is 3.39. The van der Waals surface area contributed by atoms with E-state index < -0.39 is 5.41 Å². The van der Waals surface area contributed by atoms with Crippen LogP contribution in [0.4, 0.5) is 0 Å². The number of hydrogen-bond donors (Lipinski definition) is 1.